The standard InChI is InChI=1S/C14H14BrFN2O/c1-2-17-14-6-3-10(8-18-14)9-19-11-4-5-13(16)12(15)7-11/h3-8H,2,9H2,1H3,(H,17,18). The number of nitrogens with one attached hydrogen (secondary N) is 1. The first-order valence-corrected chi connectivity index (χ1v) is 6.75. The van der Waals surface area contributed by atoms with Gasteiger partial charge in [0.05, 0.1) is 4.47 Å². The number of hydrogen-bond acceptors (Lipinski definition) is 3. The van der Waals surface area contributed by atoms with Crippen molar-refractivity contribution in [3.05, 3.63) is 52.4 Å². The van der Waals surface area contributed by atoms with Crippen LogP contribution in [-0.2, 0) is 6.61 Å². The fourth-order valence-electron chi connectivity index (χ4n) is 1.53. The van der Waals surface area contributed by atoms with Gasteiger partial charge in [0.2, 0.25) is 0 Å². The fourth-order valence-corrected chi connectivity index (χ4v) is 1.89. The lowest BCUT2D eigenvalue weighted by Gasteiger charge is -2.08. The molecule has 0 amide bonds. The SMILES string of the molecule is CCNc1ccc(COc2ccc(F)c(Br)c2)cn1. The van der Waals surface area contributed by atoms with Gasteiger partial charge in [-0.1, -0.05) is 6.07 Å². The van der Waals surface area contributed by atoms with Crippen LogP contribution in [0.1, 0.15) is 12.5 Å². The van der Waals surface area contributed by atoms with E-state index in [-0.39, 0.29) is 5.82 Å². The first kappa shape index (κ1) is 13.8. The van der Waals surface area contributed by atoms with Gasteiger partial charge in [-0.3, -0.25) is 0 Å². The Balaban J connectivity index is 1.96. The van der Waals surface area contributed by atoms with Crippen LogP contribution in [0.5, 0.6) is 5.75 Å². The molecule has 0 aliphatic rings. The van der Waals surface area contributed by atoms with E-state index in [1.807, 2.05) is 19.1 Å². The average molecular weight is 325 g/mol. The maximum atomic E-state index is 13.1. The smallest absolute Gasteiger partial charge is 0.137 e. The second-order valence-corrected chi connectivity index (χ2v) is 4.80. The first-order valence-electron chi connectivity index (χ1n) is 5.95. The van der Waals surface area contributed by atoms with Crippen molar-refractivity contribution in [2.75, 3.05) is 11.9 Å². The lowest BCUT2D eigenvalue weighted by atomic mass is 10.3. The third-order valence-corrected chi connectivity index (χ3v) is 3.09. The molecule has 3 nitrogen and oxygen atoms in total. The highest BCUT2D eigenvalue weighted by Crippen LogP contribution is 2.22. The molecule has 0 unspecified atom stereocenters. The zero-order chi connectivity index (χ0) is 13.7. The predicted octanol–water partition coefficient (Wildman–Crippen LogP) is 3.99. The first-order chi connectivity index (χ1) is 9.19. The van der Waals surface area contributed by atoms with Gasteiger partial charge < -0.3 is 10.1 Å². The predicted molar refractivity (Wildman–Crippen MR) is 76.8 cm³/mol. The lowest BCUT2D eigenvalue weighted by molar-refractivity contribution is 0.305. The monoisotopic (exact) mass is 324 g/mol. The zero-order valence-electron chi connectivity index (χ0n) is 10.5. The van der Waals surface area contributed by atoms with E-state index < -0.39 is 0 Å². The number of pyridine rings is 1. The number of ether oxygens (including phenoxy) is 1. The van der Waals surface area contributed by atoms with E-state index in [1.165, 1.54) is 6.07 Å². The molecule has 2 aromatic rings. The van der Waals surface area contributed by atoms with Crippen LogP contribution < -0.4 is 10.1 Å². The molecule has 100 valence electrons. The van der Waals surface area contributed by atoms with E-state index in [0.717, 1.165) is 17.9 Å². The molecule has 5 heteroatoms. The molecule has 0 fully saturated rings. The van der Waals surface area contributed by atoms with E-state index in [0.29, 0.717) is 16.8 Å². The van der Waals surface area contributed by atoms with Crippen LogP contribution in [0.2, 0.25) is 0 Å². The number of benzene rings is 1. The van der Waals surface area contributed by atoms with E-state index in [9.17, 15) is 4.39 Å². The summed E-state index contributed by atoms with van der Waals surface area (Å²) in [6.45, 7) is 3.26. The van der Waals surface area contributed by atoms with Gasteiger partial charge in [0, 0.05) is 18.3 Å². The molecule has 1 heterocycles. The topological polar surface area (TPSA) is 34.1 Å². The molecule has 0 radical (unpaired) electrons. The van der Waals surface area contributed by atoms with Crippen LogP contribution in [-0.4, -0.2) is 11.5 Å². The van der Waals surface area contributed by atoms with Gasteiger partial charge in [0.15, 0.2) is 0 Å². The molecule has 1 aromatic heterocycles. The molecule has 0 atom stereocenters. The highest BCUT2D eigenvalue weighted by atomic mass is 79.9. The number of aromatic nitrogens is 1. The Morgan fingerprint density at radius 3 is 2.79 bits per heavy atom. The molecular formula is C14H14BrFN2O. The minimum atomic E-state index is -0.302. The largest absolute Gasteiger partial charge is 0.489 e. The normalized spacial score (nSPS) is 10.3. The van der Waals surface area contributed by atoms with Crippen molar-refractivity contribution in [3.63, 3.8) is 0 Å². The number of nitrogens with zero attached hydrogens (tertiary/aromatic N) is 1. The molecular weight excluding hydrogens is 311 g/mol. The van der Waals surface area contributed by atoms with Crippen molar-refractivity contribution in [1.82, 2.24) is 4.98 Å². The van der Waals surface area contributed by atoms with Crippen molar-refractivity contribution < 1.29 is 9.13 Å². The van der Waals surface area contributed by atoms with Gasteiger partial charge in [-0.05, 0) is 47.1 Å². The zero-order valence-corrected chi connectivity index (χ0v) is 12.1. The summed E-state index contributed by atoms with van der Waals surface area (Å²) in [6, 6.07) is 8.43. The minimum absolute atomic E-state index is 0.302. The van der Waals surface area contributed by atoms with Crippen molar-refractivity contribution >= 4 is 21.7 Å². The van der Waals surface area contributed by atoms with Gasteiger partial charge in [0.1, 0.15) is 24.0 Å². The Morgan fingerprint density at radius 1 is 1.32 bits per heavy atom. The van der Waals surface area contributed by atoms with E-state index in [2.05, 4.69) is 26.2 Å². The van der Waals surface area contributed by atoms with Crippen LogP contribution in [0, 0.1) is 5.82 Å². The van der Waals surface area contributed by atoms with Crippen molar-refractivity contribution in [1.29, 1.82) is 0 Å². The van der Waals surface area contributed by atoms with Gasteiger partial charge in [-0.15, -0.1) is 0 Å². The van der Waals surface area contributed by atoms with Gasteiger partial charge in [-0.25, -0.2) is 9.37 Å². The van der Waals surface area contributed by atoms with E-state index in [4.69, 9.17) is 4.74 Å². The minimum Gasteiger partial charge on any atom is -0.489 e. The summed E-state index contributed by atoms with van der Waals surface area (Å²) in [6.07, 6.45) is 1.76. The summed E-state index contributed by atoms with van der Waals surface area (Å²) >= 11 is 3.12. The molecule has 1 N–H and O–H groups in total. The Kier molecular flexibility index (Phi) is 4.74. The quantitative estimate of drug-likeness (QED) is 0.902. The van der Waals surface area contributed by atoms with Crippen molar-refractivity contribution in [2.45, 2.75) is 13.5 Å². The molecule has 0 aliphatic carbocycles. The average Bonchev–Trinajstić information content (AvgIpc) is 2.42. The summed E-state index contributed by atoms with van der Waals surface area (Å²) in [5.41, 5.74) is 0.960. The molecule has 0 bridgehead atoms. The Labute approximate surface area is 119 Å². The second-order valence-electron chi connectivity index (χ2n) is 3.95. The maximum Gasteiger partial charge on any atom is 0.137 e. The molecule has 0 spiro atoms. The molecule has 1 aromatic carbocycles. The highest BCUT2D eigenvalue weighted by molar-refractivity contribution is 9.10. The summed E-state index contributed by atoms with van der Waals surface area (Å²) in [5.74, 6) is 1.16. The van der Waals surface area contributed by atoms with Crippen LogP contribution >= 0.6 is 15.9 Å². The second kappa shape index (κ2) is 6.52. The summed E-state index contributed by atoms with van der Waals surface area (Å²) in [4.78, 5) is 4.25. The van der Waals surface area contributed by atoms with Crippen LogP contribution in [0.4, 0.5) is 10.2 Å². The summed E-state index contributed by atoms with van der Waals surface area (Å²) in [5, 5.41) is 3.12. The number of rotatable bonds is 5. The molecule has 2 rings (SSSR count). The Bertz CT molecular complexity index is 546. The Morgan fingerprint density at radius 2 is 2.16 bits per heavy atom. The van der Waals surface area contributed by atoms with Gasteiger partial charge >= 0.3 is 0 Å². The van der Waals surface area contributed by atoms with Gasteiger partial charge in [-0.2, -0.15) is 0 Å². The Hall–Kier alpha value is -1.62. The third-order valence-electron chi connectivity index (χ3n) is 2.48. The summed E-state index contributed by atoms with van der Waals surface area (Å²) < 4.78 is 19.0. The highest BCUT2D eigenvalue weighted by Gasteiger charge is 2.02. The van der Waals surface area contributed by atoms with Crippen molar-refractivity contribution in [3.8, 4) is 5.75 Å². The van der Waals surface area contributed by atoms with Crippen LogP contribution in [0.25, 0.3) is 0 Å². The maximum absolute atomic E-state index is 13.1. The fraction of sp³-hybridized carbons (Fsp3) is 0.214. The van der Waals surface area contributed by atoms with E-state index in [1.54, 1.807) is 18.3 Å². The number of hydrogen-bond donors (Lipinski definition) is 1. The summed E-state index contributed by atoms with van der Waals surface area (Å²) in [7, 11) is 0. The number of anilines is 1. The molecule has 0 saturated carbocycles. The van der Waals surface area contributed by atoms with Gasteiger partial charge in [0.25, 0.3) is 0 Å². The van der Waals surface area contributed by atoms with E-state index >= 15 is 0 Å². The lowest BCUT2D eigenvalue weighted by Crippen LogP contribution is -2.01. The molecule has 0 saturated heterocycles. The van der Waals surface area contributed by atoms with Crippen LogP contribution in [0.3, 0.4) is 0 Å². The third kappa shape index (κ3) is 3.92. The van der Waals surface area contributed by atoms with Crippen molar-refractivity contribution in [2.24, 2.45) is 0 Å². The molecule has 19 heavy (non-hydrogen) atoms. The number of halogens is 2. The molecule has 0 aliphatic heterocycles. The van der Waals surface area contributed by atoms with Crippen LogP contribution in [0.15, 0.2) is 41.0 Å².